The molecular formula is C14H19N3O3. The van der Waals surface area contributed by atoms with E-state index in [1.807, 2.05) is 18.2 Å². The molecule has 2 rings (SSSR count). The summed E-state index contributed by atoms with van der Waals surface area (Å²) in [7, 11) is 1.65. The first-order valence-corrected chi connectivity index (χ1v) is 6.52. The van der Waals surface area contributed by atoms with E-state index in [9.17, 15) is 0 Å². The van der Waals surface area contributed by atoms with Gasteiger partial charge in [0.25, 0.3) is 5.89 Å². The molecule has 108 valence electrons. The topological polar surface area (TPSA) is 69.4 Å². The first-order valence-electron chi connectivity index (χ1n) is 6.52. The van der Waals surface area contributed by atoms with Crippen molar-refractivity contribution in [1.82, 2.24) is 15.5 Å². The molecule has 1 N–H and O–H groups in total. The van der Waals surface area contributed by atoms with Crippen LogP contribution in [-0.4, -0.2) is 23.8 Å². The van der Waals surface area contributed by atoms with Crippen LogP contribution in [0.4, 0.5) is 0 Å². The van der Waals surface area contributed by atoms with Crippen molar-refractivity contribution >= 4 is 0 Å². The van der Waals surface area contributed by atoms with Crippen LogP contribution in [0.5, 0.6) is 11.5 Å². The van der Waals surface area contributed by atoms with E-state index in [0.29, 0.717) is 18.3 Å². The molecule has 0 atom stereocenters. The molecule has 1 heterocycles. The fraction of sp³-hybridized carbons (Fsp3) is 0.429. The van der Waals surface area contributed by atoms with E-state index in [-0.39, 0.29) is 6.61 Å². The van der Waals surface area contributed by atoms with Crippen molar-refractivity contribution in [1.29, 1.82) is 0 Å². The van der Waals surface area contributed by atoms with E-state index in [4.69, 9.17) is 14.0 Å². The van der Waals surface area contributed by atoms with Crippen LogP contribution in [0.25, 0.3) is 0 Å². The highest BCUT2D eigenvalue weighted by molar-refractivity contribution is 5.40. The Morgan fingerprint density at radius 3 is 2.85 bits per heavy atom. The number of nitrogens with zero attached hydrogens (tertiary/aromatic N) is 2. The van der Waals surface area contributed by atoms with E-state index >= 15 is 0 Å². The average molecular weight is 277 g/mol. The Morgan fingerprint density at radius 1 is 1.35 bits per heavy atom. The average Bonchev–Trinajstić information content (AvgIpc) is 2.89. The van der Waals surface area contributed by atoms with Gasteiger partial charge in [0.15, 0.2) is 12.4 Å². The zero-order chi connectivity index (χ0) is 14.4. The molecule has 1 aromatic heterocycles. The number of nitrogens with one attached hydrogen (secondary N) is 1. The number of ether oxygens (including phenoxy) is 2. The lowest BCUT2D eigenvalue weighted by Gasteiger charge is -2.12. The highest BCUT2D eigenvalue weighted by Gasteiger charge is 2.08. The lowest BCUT2D eigenvalue weighted by Crippen LogP contribution is -2.13. The summed E-state index contributed by atoms with van der Waals surface area (Å²) >= 11 is 0. The third kappa shape index (κ3) is 3.71. The fourth-order valence-electron chi connectivity index (χ4n) is 1.76. The van der Waals surface area contributed by atoms with Crippen molar-refractivity contribution in [3.8, 4) is 11.5 Å². The Bertz CT molecular complexity index is 554. The molecule has 0 unspecified atom stereocenters. The molecule has 0 saturated carbocycles. The molecule has 0 fully saturated rings. The van der Waals surface area contributed by atoms with Gasteiger partial charge in [0.1, 0.15) is 11.5 Å². The minimum Gasteiger partial charge on any atom is -0.497 e. The predicted octanol–water partition coefficient (Wildman–Crippen LogP) is 2.08. The van der Waals surface area contributed by atoms with Crippen molar-refractivity contribution < 1.29 is 14.0 Å². The largest absolute Gasteiger partial charge is 0.497 e. The highest BCUT2D eigenvalue weighted by atomic mass is 16.5. The minimum atomic E-state index is 0.256. The van der Waals surface area contributed by atoms with Gasteiger partial charge in [-0.25, -0.2) is 0 Å². The summed E-state index contributed by atoms with van der Waals surface area (Å²) in [5.41, 5.74) is 1.03. The minimum absolute atomic E-state index is 0.256. The first-order chi connectivity index (χ1) is 9.72. The molecule has 2 aromatic rings. The van der Waals surface area contributed by atoms with Crippen LogP contribution in [0.15, 0.2) is 22.7 Å². The Kier molecular flexibility index (Phi) is 4.95. The normalized spacial score (nSPS) is 10.6. The van der Waals surface area contributed by atoms with Gasteiger partial charge in [0.2, 0.25) is 0 Å². The van der Waals surface area contributed by atoms with Gasteiger partial charge in [0, 0.05) is 12.1 Å². The summed E-state index contributed by atoms with van der Waals surface area (Å²) in [6.45, 7) is 5.69. The molecule has 0 bridgehead atoms. The van der Waals surface area contributed by atoms with Crippen molar-refractivity contribution in [2.24, 2.45) is 0 Å². The molecular weight excluding hydrogens is 258 g/mol. The maximum absolute atomic E-state index is 5.74. The van der Waals surface area contributed by atoms with Crippen molar-refractivity contribution in [2.45, 2.75) is 27.0 Å². The fourth-order valence-corrected chi connectivity index (χ4v) is 1.76. The van der Waals surface area contributed by atoms with Crippen molar-refractivity contribution in [2.75, 3.05) is 13.7 Å². The second-order valence-electron chi connectivity index (χ2n) is 4.28. The standard InChI is InChI=1S/C14H19N3O3/c1-4-15-8-11-7-12(18-3)5-6-13(11)19-9-14-16-10(2)17-20-14/h5-7,15H,4,8-9H2,1-3H3. The molecule has 20 heavy (non-hydrogen) atoms. The number of hydrogen-bond acceptors (Lipinski definition) is 6. The molecule has 0 spiro atoms. The van der Waals surface area contributed by atoms with Crippen molar-refractivity contribution in [3.05, 3.63) is 35.5 Å². The molecule has 1 aromatic carbocycles. The molecule has 0 amide bonds. The molecule has 0 radical (unpaired) electrons. The summed E-state index contributed by atoms with van der Waals surface area (Å²) in [6.07, 6.45) is 0. The maximum atomic E-state index is 5.74. The van der Waals surface area contributed by atoms with Crippen LogP contribution in [0.1, 0.15) is 24.2 Å². The quantitative estimate of drug-likeness (QED) is 0.835. The summed E-state index contributed by atoms with van der Waals surface area (Å²) in [5.74, 6) is 2.65. The second-order valence-corrected chi connectivity index (χ2v) is 4.28. The molecule has 0 aliphatic rings. The number of hydrogen-bond donors (Lipinski definition) is 1. The van der Waals surface area contributed by atoms with Gasteiger partial charge in [-0.1, -0.05) is 12.1 Å². The third-order valence-electron chi connectivity index (χ3n) is 2.75. The van der Waals surface area contributed by atoms with Gasteiger partial charge in [0.05, 0.1) is 7.11 Å². The highest BCUT2D eigenvalue weighted by Crippen LogP contribution is 2.24. The van der Waals surface area contributed by atoms with Gasteiger partial charge in [-0.2, -0.15) is 4.98 Å². The molecule has 0 aliphatic carbocycles. The molecule has 0 saturated heterocycles. The molecule has 0 aliphatic heterocycles. The van der Waals surface area contributed by atoms with E-state index < -0.39 is 0 Å². The number of benzene rings is 1. The van der Waals surface area contributed by atoms with E-state index in [0.717, 1.165) is 23.6 Å². The number of aryl methyl sites for hydroxylation is 1. The van der Waals surface area contributed by atoms with E-state index in [1.54, 1.807) is 14.0 Å². The van der Waals surface area contributed by atoms with Gasteiger partial charge >= 0.3 is 0 Å². The van der Waals surface area contributed by atoms with Gasteiger partial charge in [-0.15, -0.1) is 0 Å². The van der Waals surface area contributed by atoms with Crippen molar-refractivity contribution in [3.63, 3.8) is 0 Å². The Labute approximate surface area is 118 Å². The SMILES string of the molecule is CCNCc1cc(OC)ccc1OCc1nc(C)no1. The van der Waals surface area contributed by atoms with Gasteiger partial charge < -0.3 is 19.3 Å². The monoisotopic (exact) mass is 277 g/mol. The summed E-state index contributed by atoms with van der Waals surface area (Å²) in [5, 5.41) is 7.00. The summed E-state index contributed by atoms with van der Waals surface area (Å²) in [4.78, 5) is 4.11. The van der Waals surface area contributed by atoms with E-state index in [2.05, 4.69) is 22.4 Å². The summed E-state index contributed by atoms with van der Waals surface area (Å²) < 4.78 is 16.0. The van der Waals surface area contributed by atoms with Crippen LogP contribution in [0.2, 0.25) is 0 Å². The first kappa shape index (κ1) is 14.3. The number of rotatable bonds is 7. The lowest BCUT2D eigenvalue weighted by molar-refractivity contribution is 0.240. The van der Waals surface area contributed by atoms with Crippen LogP contribution in [0, 0.1) is 6.92 Å². The number of aromatic nitrogens is 2. The number of methoxy groups -OCH3 is 1. The van der Waals surface area contributed by atoms with Crippen LogP contribution in [-0.2, 0) is 13.2 Å². The smallest absolute Gasteiger partial charge is 0.264 e. The Morgan fingerprint density at radius 2 is 2.20 bits per heavy atom. The van der Waals surface area contributed by atoms with Crippen LogP contribution >= 0.6 is 0 Å². The predicted molar refractivity (Wildman–Crippen MR) is 73.7 cm³/mol. The summed E-state index contributed by atoms with van der Waals surface area (Å²) in [6, 6.07) is 5.70. The Balaban J connectivity index is 2.08. The zero-order valence-corrected chi connectivity index (χ0v) is 12.0. The van der Waals surface area contributed by atoms with E-state index in [1.165, 1.54) is 0 Å². The zero-order valence-electron chi connectivity index (χ0n) is 12.0. The van der Waals surface area contributed by atoms with Crippen LogP contribution in [0.3, 0.4) is 0 Å². The van der Waals surface area contributed by atoms with Gasteiger partial charge in [-0.05, 0) is 31.7 Å². The maximum Gasteiger partial charge on any atom is 0.264 e. The third-order valence-corrected chi connectivity index (χ3v) is 2.75. The molecule has 6 heteroatoms. The molecule has 6 nitrogen and oxygen atoms in total. The second kappa shape index (κ2) is 6.91. The Hall–Kier alpha value is -2.08. The van der Waals surface area contributed by atoms with Gasteiger partial charge in [-0.3, -0.25) is 0 Å². The van der Waals surface area contributed by atoms with Crippen LogP contribution < -0.4 is 14.8 Å². The lowest BCUT2D eigenvalue weighted by atomic mass is 10.2.